The number of nitrogens with one attached hydrogen (secondary N) is 1. The topological polar surface area (TPSA) is 60.0 Å². The lowest BCUT2D eigenvalue weighted by Crippen LogP contribution is -2.41. The predicted molar refractivity (Wildman–Crippen MR) is 117 cm³/mol. The van der Waals surface area contributed by atoms with Gasteiger partial charge in [-0.2, -0.15) is 0 Å². The van der Waals surface area contributed by atoms with E-state index in [9.17, 15) is 4.79 Å². The van der Waals surface area contributed by atoms with Crippen LogP contribution in [0.5, 0.6) is 17.2 Å². The molecule has 0 radical (unpaired) electrons. The maximum Gasteiger partial charge on any atom is 0.258 e. The van der Waals surface area contributed by atoms with Crippen LogP contribution in [0.3, 0.4) is 0 Å². The van der Waals surface area contributed by atoms with Gasteiger partial charge < -0.3 is 19.5 Å². The summed E-state index contributed by atoms with van der Waals surface area (Å²) in [6, 6.07) is 13.9. The van der Waals surface area contributed by atoms with Gasteiger partial charge in [0.15, 0.2) is 18.1 Å². The maximum absolute atomic E-state index is 12.5. The number of amides is 1. The molecule has 2 aromatic carbocycles. The number of aryl methyl sites for hydroxylation is 1. The third kappa shape index (κ3) is 5.89. The van der Waals surface area contributed by atoms with Crippen LogP contribution >= 0.6 is 0 Å². The average Bonchev–Trinajstić information content (AvgIpc) is 2.79. The summed E-state index contributed by atoms with van der Waals surface area (Å²) in [5, 5.41) is 3.05. The van der Waals surface area contributed by atoms with Crippen LogP contribution in [0.1, 0.15) is 36.4 Å². The second-order valence-corrected chi connectivity index (χ2v) is 7.63. The van der Waals surface area contributed by atoms with Crippen LogP contribution in [0, 0.1) is 6.92 Å². The number of methoxy groups -OCH3 is 2. The molecular formula is C24H32N2O4. The lowest BCUT2D eigenvalue weighted by atomic mass is 10.0. The summed E-state index contributed by atoms with van der Waals surface area (Å²) in [5.74, 6) is 1.89. The molecule has 0 bridgehead atoms. The lowest BCUT2D eigenvalue weighted by Gasteiger charge is -2.35. The minimum atomic E-state index is -0.145. The van der Waals surface area contributed by atoms with Crippen molar-refractivity contribution in [2.75, 3.05) is 40.5 Å². The van der Waals surface area contributed by atoms with E-state index in [2.05, 4.69) is 22.3 Å². The van der Waals surface area contributed by atoms with Gasteiger partial charge in [-0.15, -0.1) is 0 Å². The highest BCUT2D eigenvalue weighted by Crippen LogP contribution is 2.28. The first-order valence-electron chi connectivity index (χ1n) is 10.5. The molecule has 1 fully saturated rings. The van der Waals surface area contributed by atoms with Crippen LogP contribution in [0.25, 0.3) is 0 Å². The molecule has 0 aliphatic carbocycles. The lowest BCUT2D eigenvalue weighted by molar-refractivity contribution is -0.123. The van der Waals surface area contributed by atoms with E-state index >= 15 is 0 Å². The first-order chi connectivity index (χ1) is 14.6. The van der Waals surface area contributed by atoms with Crippen LogP contribution in [0.4, 0.5) is 0 Å². The summed E-state index contributed by atoms with van der Waals surface area (Å²) < 4.78 is 16.3. The molecular weight excluding hydrogens is 380 g/mol. The highest BCUT2D eigenvalue weighted by molar-refractivity contribution is 5.77. The molecule has 1 amide bonds. The number of piperidine rings is 1. The van der Waals surface area contributed by atoms with Crippen molar-refractivity contribution < 1.29 is 19.0 Å². The summed E-state index contributed by atoms with van der Waals surface area (Å²) in [6.07, 6.45) is 3.65. The van der Waals surface area contributed by atoms with Crippen molar-refractivity contribution in [2.45, 2.75) is 32.2 Å². The highest BCUT2D eigenvalue weighted by Gasteiger charge is 2.23. The third-order valence-corrected chi connectivity index (χ3v) is 5.50. The molecule has 162 valence electrons. The van der Waals surface area contributed by atoms with E-state index in [0.29, 0.717) is 18.0 Å². The Balaban J connectivity index is 1.60. The molecule has 0 saturated carbocycles. The Labute approximate surface area is 179 Å². The summed E-state index contributed by atoms with van der Waals surface area (Å²) in [7, 11) is 3.26. The Kier molecular flexibility index (Phi) is 7.97. The van der Waals surface area contributed by atoms with Gasteiger partial charge in [0.25, 0.3) is 5.91 Å². The fourth-order valence-corrected chi connectivity index (χ4v) is 3.81. The molecule has 3 rings (SSSR count). The van der Waals surface area contributed by atoms with Gasteiger partial charge in [0.05, 0.1) is 20.3 Å². The molecule has 6 nitrogen and oxygen atoms in total. The molecule has 1 atom stereocenters. The van der Waals surface area contributed by atoms with Crippen molar-refractivity contribution in [3.63, 3.8) is 0 Å². The van der Waals surface area contributed by atoms with E-state index in [0.717, 1.165) is 24.4 Å². The van der Waals surface area contributed by atoms with Crippen LogP contribution in [0.15, 0.2) is 42.5 Å². The zero-order chi connectivity index (χ0) is 21.3. The normalized spacial score (nSPS) is 15.3. The number of hydrogen-bond acceptors (Lipinski definition) is 5. The second kappa shape index (κ2) is 10.9. The Morgan fingerprint density at radius 3 is 2.40 bits per heavy atom. The van der Waals surface area contributed by atoms with E-state index in [1.54, 1.807) is 14.2 Å². The van der Waals surface area contributed by atoms with Gasteiger partial charge in [0, 0.05) is 6.54 Å². The van der Waals surface area contributed by atoms with Crippen molar-refractivity contribution in [1.82, 2.24) is 10.2 Å². The molecule has 30 heavy (non-hydrogen) atoms. The second-order valence-electron chi connectivity index (χ2n) is 7.63. The molecule has 0 aromatic heterocycles. The van der Waals surface area contributed by atoms with Gasteiger partial charge in [0.2, 0.25) is 0 Å². The minimum Gasteiger partial charge on any atom is -0.497 e. The smallest absolute Gasteiger partial charge is 0.258 e. The average molecular weight is 413 g/mol. The number of carbonyl (C=O) groups is 1. The molecule has 1 aliphatic heterocycles. The first-order valence-corrected chi connectivity index (χ1v) is 10.5. The number of likely N-dealkylation sites (tertiary alicyclic amines) is 1. The van der Waals surface area contributed by atoms with Gasteiger partial charge in [-0.1, -0.05) is 24.6 Å². The highest BCUT2D eigenvalue weighted by atomic mass is 16.5. The molecule has 2 aromatic rings. The molecule has 1 unspecified atom stereocenters. The van der Waals surface area contributed by atoms with Crippen LogP contribution in [-0.4, -0.2) is 51.3 Å². The number of carbonyl (C=O) groups excluding carboxylic acids is 1. The predicted octanol–water partition coefficient (Wildman–Crippen LogP) is 3.73. The van der Waals surface area contributed by atoms with Crippen LogP contribution in [0.2, 0.25) is 0 Å². The van der Waals surface area contributed by atoms with E-state index in [-0.39, 0.29) is 18.6 Å². The quantitative estimate of drug-likeness (QED) is 0.680. The molecule has 1 saturated heterocycles. The zero-order valence-electron chi connectivity index (χ0n) is 18.1. The van der Waals surface area contributed by atoms with Gasteiger partial charge in [-0.3, -0.25) is 9.69 Å². The number of benzene rings is 2. The zero-order valence-corrected chi connectivity index (χ0v) is 18.1. The van der Waals surface area contributed by atoms with Crippen LogP contribution < -0.4 is 19.5 Å². The van der Waals surface area contributed by atoms with E-state index in [4.69, 9.17) is 14.2 Å². The van der Waals surface area contributed by atoms with Crippen molar-refractivity contribution in [3.8, 4) is 17.2 Å². The Morgan fingerprint density at radius 2 is 1.73 bits per heavy atom. The molecule has 0 spiro atoms. The van der Waals surface area contributed by atoms with Gasteiger partial charge in [-0.25, -0.2) is 0 Å². The molecule has 1 aliphatic rings. The fraction of sp³-hybridized carbons (Fsp3) is 0.458. The van der Waals surface area contributed by atoms with E-state index < -0.39 is 0 Å². The largest absolute Gasteiger partial charge is 0.497 e. The molecule has 1 N–H and O–H groups in total. The van der Waals surface area contributed by atoms with Gasteiger partial charge in [-0.05, 0) is 68.2 Å². The van der Waals surface area contributed by atoms with Crippen LogP contribution in [-0.2, 0) is 4.79 Å². The van der Waals surface area contributed by atoms with Gasteiger partial charge in [0.1, 0.15) is 5.75 Å². The number of rotatable bonds is 9. The first kappa shape index (κ1) is 22.0. The van der Waals surface area contributed by atoms with Crippen molar-refractivity contribution in [3.05, 3.63) is 53.6 Å². The van der Waals surface area contributed by atoms with E-state index in [1.807, 2.05) is 37.3 Å². The standard InChI is InChI=1S/C24H32N2O4/c1-18-7-12-22(23(15-18)29-3)30-17-24(27)25-16-21(26-13-5-4-6-14-26)19-8-10-20(28-2)11-9-19/h7-12,15,21H,4-6,13-14,16-17H2,1-3H3,(H,25,27). The third-order valence-electron chi connectivity index (χ3n) is 5.50. The monoisotopic (exact) mass is 412 g/mol. The summed E-state index contributed by atoms with van der Waals surface area (Å²) in [5.41, 5.74) is 2.26. The Morgan fingerprint density at radius 1 is 1.00 bits per heavy atom. The SMILES string of the molecule is COc1ccc(C(CNC(=O)COc2ccc(C)cc2OC)N2CCCCC2)cc1. The summed E-state index contributed by atoms with van der Waals surface area (Å²) in [6.45, 7) is 4.57. The Hall–Kier alpha value is -2.73. The Bertz CT molecular complexity index is 816. The van der Waals surface area contributed by atoms with Crippen molar-refractivity contribution in [1.29, 1.82) is 0 Å². The fourth-order valence-electron chi connectivity index (χ4n) is 3.81. The molecule has 6 heteroatoms. The van der Waals surface area contributed by atoms with Crippen molar-refractivity contribution >= 4 is 5.91 Å². The minimum absolute atomic E-state index is 0.0469. The maximum atomic E-state index is 12.5. The number of hydrogen-bond donors (Lipinski definition) is 1. The number of nitrogens with zero attached hydrogens (tertiary/aromatic N) is 1. The van der Waals surface area contributed by atoms with E-state index in [1.165, 1.54) is 24.8 Å². The molecule has 1 heterocycles. The van der Waals surface area contributed by atoms with Gasteiger partial charge >= 0.3 is 0 Å². The van der Waals surface area contributed by atoms with Crippen molar-refractivity contribution in [2.24, 2.45) is 0 Å². The number of ether oxygens (including phenoxy) is 3. The summed E-state index contributed by atoms with van der Waals surface area (Å²) in [4.78, 5) is 14.9. The summed E-state index contributed by atoms with van der Waals surface area (Å²) >= 11 is 0.